The molecule has 1 fully saturated rings. The van der Waals surface area contributed by atoms with Crippen molar-refractivity contribution in [2.75, 3.05) is 0 Å². The highest BCUT2D eigenvalue weighted by molar-refractivity contribution is 5.83. The van der Waals surface area contributed by atoms with E-state index in [9.17, 15) is 4.79 Å². The quantitative estimate of drug-likeness (QED) is 0.478. The molecule has 1 saturated carbocycles. The molecule has 0 bridgehead atoms. The first-order chi connectivity index (χ1) is 6.34. The van der Waals surface area contributed by atoms with Gasteiger partial charge in [-0.1, -0.05) is 38.3 Å². The van der Waals surface area contributed by atoms with E-state index in [1.54, 1.807) is 0 Å². The highest BCUT2D eigenvalue weighted by Crippen LogP contribution is 2.21. The first-order valence-corrected chi connectivity index (χ1v) is 5.54. The van der Waals surface area contributed by atoms with Crippen LogP contribution in [-0.4, -0.2) is 5.78 Å². The van der Waals surface area contributed by atoms with E-state index in [4.69, 9.17) is 0 Å². The van der Waals surface area contributed by atoms with Gasteiger partial charge in [0.05, 0.1) is 0 Å². The molecule has 74 valence electrons. The molecule has 0 N–H and O–H groups in total. The number of hydrogen-bond acceptors (Lipinski definition) is 1. The maximum Gasteiger partial charge on any atom is 0.139 e. The molecule has 0 aromatic heterocycles. The van der Waals surface area contributed by atoms with E-state index < -0.39 is 0 Å². The third-order valence-corrected chi connectivity index (χ3v) is 2.69. The van der Waals surface area contributed by atoms with Gasteiger partial charge in [-0.25, -0.2) is 0 Å². The molecular weight excluding hydrogens is 160 g/mol. The summed E-state index contributed by atoms with van der Waals surface area (Å²) in [4.78, 5) is 11.4. The molecule has 0 aliphatic heterocycles. The predicted molar refractivity (Wildman–Crippen MR) is 55.6 cm³/mol. The van der Waals surface area contributed by atoms with Crippen LogP contribution in [0, 0.1) is 5.92 Å². The molecule has 1 aliphatic rings. The van der Waals surface area contributed by atoms with Crippen molar-refractivity contribution in [3.8, 4) is 0 Å². The summed E-state index contributed by atoms with van der Waals surface area (Å²) in [6.45, 7) is 2.19. The van der Waals surface area contributed by atoms with Gasteiger partial charge in [-0.2, -0.15) is 0 Å². The lowest BCUT2D eigenvalue weighted by molar-refractivity contribution is -0.122. The molecule has 0 saturated heterocycles. The van der Waals surface area contributed by atoms with E-state index >= 15 is 0 Å². The number of rotatable bonds is 4. The maximum absolute atomic E-state index is 11.4. The predicted octanol–water partition coefficient (Wildman–Crippen LogP) is 3.49. The van der Waals surface area contributed by atoms with E-state index in [1.807, 2.05) is 0 Å². The SMILES string of the molecule is CCCCC=CC1CCCCC1=O. The summed E-state index contributed by atoms with van der Waals surface area (Å²) < 4.78 is 0. The van der Waals surface area contributed by atoms with Gasteiger partial charge >= 0.3 is 0 Å². The largest absolute Gasteiger partial charge is 0.299 e. The molecule has 0 radical (unpaired) electrons. The molecule has 0 aromatic carbocycles. The number of carbonyl (C=O) groups excluding carboxylic acids is 1. The fourth-order valence-electron chi connectivity index (χ4n) is 1.80. The minimum absolute atomic E-state index is 0.255. The van der Waals surface area contributed by atoms with Crippen molar-refractivity contribution in [1.82, 2.24) is 0 Å². The Morgan fingerprint density at radius 3 is 3.00 bits per heavy atom. The van der Waals surface area contributed by atoms with Crippen LogP contribution in [0.4, 0.5) is 0 Å². The van der Waals surface area contributed by atoms with E-state index in [2.05, 4.69) is 19.1 Å². The highest BCUT2D eigenvalue weighted by Gasteiger charge is 2.18. The summed E-state index contributed by atoms with van der Waals surface area (Å²) in [5, 5.41) is 0. The summed E-state index contributed by atoms with van der Waals surface area (Å²) in [5.41, 5.74) is 0. The lowest BCUT2D eigenvalue weighted by Crippen LogP contribution is -2.16. The molecule has 1 nitrogen and oxygen atoms in total. The molecule has 1 atom stereocenters. The van der Waals surface area contributed by atoms with Crippen LogP contribution in [0.2, 0.25) is 0 Å². The Morgan fingerprint density at radius 1 is 1.46 bits per heavy atom. The van der Waals surface area contributed by atoms with E-state index in [0.717, 1.165) is 25.7 Å². The Kier molecular flexibility index (Phi) is 4.81. The topological polar surface area (TPSA) is 17.1 Å². The molecule has 0 spiro atoms. The van der Waals surface area contributed by atoms with Gasteiger partial charge in [-0.3, -0.25) is 4.79 Å². The van der Waals surface area contributed by atoms with Crippen LogP contribution < -0.4 is 0 Å². The molecule has 0 heterocycles. The molecular formula is C12H20O. The van der Waals surface area contributed by atoms with Crippen LogP contribution >= 0.6 is 0 Å². The molecule has 13 heavy (non-hydrogen) atoms. The van der Waals surface area contributed by atoms with Gasteiger partial charge in [0.15, 0.2) is 0 Å². The summed E-state index contributed by atoms with van der Waals surface area (Å²) in [6, 6.07) is 0. The fraction of sp³-hybridized carbons (Fsp3) is 0.750. The Morgan fingerprint density at radius 2 is 2.31 bits per heavy atom. The highest BCUT2D eigenvalue weighted by atomic mass is 16.1. The van der Waals surface area contributed by atoms with Crippen LogP contribution in [0.3, 0.4) is 0 Å². The third-order valence-electron chi connectivity index (χ3n) is 2.69. The number of carbonyl (C=O) groups is 1. The summed E-state index contributed by atoms with van der Waals surface area (Å²) in [7, 11) is 0. The molecule has 1 unspecified atom stereocenters. The Labute approximate surface area is 81.2 Å². The van der Waals surface area contributed by atoms with Crippen molar-refractivity contribution < 1.29 is 4.79 Å². The number of hydrogen-bond donors (Lipinski definition) is 0. The number of allylic oxidation sites excluding steroid dienone is 2. The fourth-order valence-corrected chi connectivity index (χ4v) is 1.80. The monoisotopic (exact) mass is 180 g/mol. The van der Waals surface area contributed by atoms with Crippen molar-refractivity contribution in [3.63, 3.8) is 0 Å². The molecule has 0 amide bonds. The molecule has 1 rings (SSSR count). The first kappa shape index (κ1) is 10.5. The van der Waals surface area contributed by atoms with Gasteiger partial charge in [-0.15, -0.1) is 0 Å². The van der Waals surface area contributed by atoms with Crippen LogP contribution in [0.1, 0.15) is 51.9 Å². The minimum atomic E-state index is 0.255. The average molecular weight is 180 g/mol. The normalized spacial score (nSPS) is 24.1. The second kappa shape index (κ2) is 5.95. The Bertz CT molecular complexity index is 182. The van der Waals surface area contributed by atoms with Crippen molar-refractivity contribution >= 4 is 5.78 Å². The van der Waals surface area contributed by atoms with Gasteiger partial charge in [0, 0.05) is 12.3 Å². The van der Waals surface area contributed by atoms with E-state index in [1.165, 1.54) is 19.3 Å². The van der Waals surface area contributed by atoms with E-state index in [-0.39, 0.29) is 5.92 Å². The van der Waals surface area contributed by atoms with E-state index in [0.29, 0.717) is 5.78 Å². The number of ketones is 1. The van der Waals surface area contributed by atoms with Crippen LogP contribution in [-0.2, 0) is 4.79 Å². The van der Waals surface area contributed by atoms with Crippen molar-refractivity contribution in [2.24, 2.45) is 5.92 Å². The van der Waals surface area contributed by atoms with Crippen molar-refractivity contribution in [3.05, 3.63) is 12.2 Å². The second-order valence-corrected chi connectivity index (χ2v) is 3.89. The van der Waals surface area contributed by atoms with Crippen LogP contribution in [0.15, 0.2) is 12.2 Å². The zero-order valence-corrected chi connectivity index (χ0v) is 8.59. The van der Waals surface area contributed by atoms with Crippen molar-refractivity contribution in [1.29, 1.82) is 0 Å². The molecule has 1 aliphatic carbocycles. The van der Waals surface area contributed by atoms with Crippen molar-refractivity contribution in [2.45, 2.75) is 51.9 Å². The third kappa shape index (κ3) is 3.75. The zero-order chi connectivity index (χ0) is 9.52. The minimum Gasteiger partial charge on any atom is -0.299 e. The lowest BCUT2D eigenvalue weighted by Gasteiger charge is -2.16. The first-order valence-electron chi connectivity index (χ1n) is 5.54. The molecule has 1 heteroatoms. The van der Waals surface area contributed by atoms with Crippen LogP contribution in [0.25, 0.3) is 0 Å². The van der Waals surface area contributed by atoms with Gasteiger partial charge < -0.3 is 0 Å². The van der Waals surface area contributed by atoms with Gasteiger partial charge in [0.25, 0.3) is 0 Å². The summed E-state index contributed by atoms with van der Waals surface area (Å²) in [5.74, 6) is 0.713. The summed E-state index contributed by atoms with van der Waals surface area (Å²) in [6.07, 6.45) is 12.2. The second-order valence-electron chi connectivity index (χ2n) is 3.89. The van der Waals surface area contributed by atoms with Gasteiger partial charge in [-0.05, 0) is 19.3 Å². The van der Waals surface area contributed by atoms with Gasteiger partial charge in [0.1, 0.15) is 5.78 Å². The van der Waals surface area contributed by atoms with Crippen LogP contribution in [0.5, 0.6) is 0 Å². The summed E-state index contributed by atoms with van der Waals surface area (Å²) >= 11 is 0. The van der Waals surface area contributed by atoms with Gasteiger partial charge in [0.2, 0.25) is 0 Å². The number of unbranched alkanes of at least 4 members (excludes halogenated alkanes) is 2. The molecule has 0 aromatic rings. The Balaban J connectivity index is 2.25. The standard InChI is InChI=1S/C12H20O/c1-2-3-4-5-8-11-9-6-7-10-12(11)13/h5,8,11H,2-4,6-7,9-10H2,1H3. The smallest absolute Gasteiger partial charge is 0.139 e. The Hall–Kier alpha value is -0.590. The maximum atomic E-state index is 11.4. The lowest BCUT2D eigenvalue weighted by atomic mass is 9.87. The zero-order valence-electron chi connectivity index (χ0n) is 8.59. The average Bonchev–Trinajstić information content (AvgIpc) is 2.15. The number of Topliss-reactive ketones (excluding diaryl/α,β-unsaturated/α-hetero) is 1.